The molecular weight excluding hydrogens is 246 g/mol. The highest BCUT2D eigenvalue weighted by atomic mass is 16.5. The van der Waals surface area contributed by atoms with Crippen LogP contribution in [0.5, 0.6) is 5.75 Å². The second-order valence-electron chi connectivity index (χ2n) is 4.11. The van der Waals surface area contributed by atoms with Crippen LogP contribution in [0.2, 0.25) is 0 Å². The first-order chi connectivity index (χ1) is 9.15. The normalized spacial score (nSPS) is 11.9. The lowest BCUT2D eigenvalue weighted by Crippen LogP contribution is -2.26. The molecule has 6 heteroatoms. The summed E-state index contributed by atoms with van der Waals surface area (Å²) in [5, 5.41) is 20.8. The van der Waals surface area contributed by atoms with Gasteiger partial charge in [-0.25, -0.2) is 0 Å². The molecule has 1 aromatic rings. The lowest BCUT2D eigenvalue weighted by Gasteiger charge is -2.20. The predicted octanol–water partition coefficient (Wildman–Crippen LogP) is 0.604. The van der Waals surface area contributed by atoms with Crippen LogP contribution in [0.25, 0.3) is 0 Å². The maximum absolute atomic E-state index is 8.98. The average Bonchev–Trinajstić information content (AvgIpc) is 2.45. The molecule has 0 bridgehead atoms. The van der Waals surface area contributed by atoms with Crippen LogP contribution in [0.1, 0.15) is 18.1 Å². The highest BCUT2D eigenvalue weighted by molar-refractivity contribution is 5.99. The Labute approximate surface area is 113 Å². The minimum absolute atomic E-state index is 0.0175. The number of rotatable bonds is 7. The van der Waals surface area contributed by atoms with Gasteiger partial charge in [0.25, 0.3) is 0 Å². The minimum atomic E-state index is 0.0175. The molecule has 106 valence electrons. The molecular formula is C13H21N3O3. The van der Waals surface area contributed by atoms with E-state index in [1.807, 2.05) is 19.1 Å². The number of hydrogen-bond acceptors (Lipinski definition) is 5. The number of benzene rings is 1. The van der Waals surface area contributed by atoms with Crippen molar-refractivity contribution < 1.29 is 15.1 Å². The molecule has 0 saturated carbocycles. The third kappa shape index (κ3) is 4.11. The summed E-state index contributed by atoms with van der Waals surface area (Å²) in [7, 11) is 1.53. The second-order valence-corrected chi connectivity index (χ2v) is 4.11. The topological polar surface area (TPSA) is 91.3 Å². The van der Waals surface area contributed by atoms with E-state index in [4.69, 9.17) is 20.8 Å². The molecule has 6 nitrogen and oxygen atoms in total. The Kier molecular flexibility index (Phi) is 6.11. The van der Waals surface area contributed by atoms with Crippen LogP contribution in [0.4, 0.5) is 0 Å². The summed E-state index contributed by atoms with van der Waals surface area (Å²) in [4.78, 5) is 2.10. The van der Waals surface area contributed by atoms with E-state index >= 15 is 0 Å². The Hall–Kier alpha value is -1.79. The molecule has 0 amide bonds. The first-order valence-electron chi connectivity index (χ1n) is 6.14. The standard InChI is InChI=1S/C13H21N3O3/c1-3-16(6-7-17)9-10-4-5-12(19-2)11(8-10)13(14)15-18/h4-5,8,17-18H,3,6-7,9H2,1-2H3,(H2,14,15). The van der Waals surface area contributed by atoms with Gasteiger partial charge in [0.1, 0.15) is 5.75 Å². The number of aliphatic hydroxyl groups is 1. The highest BCUT2D eigenvalue weighted by Crippen LogP contribution is 2.20. The van der Waals surface area contributed by atoms with Crippen LogP contribution < -0.4 is 10.5 Å². The highest BCUT2D eigenvalue weighted by Gasteiger charge is 2.10. The summed E-state index contributed by atoms with van der Waals surface area (Å²) >= 11 is 0. The summed E-state index contributed by atoms with van der Waals surface area (Å²) in [6.45, 7) is 4.29. The van der Waals surface area contributed by atoms with E-state index in [0.29, 0.717) is 24.4 Å². The number of nitrogens with zero attached hydrogens (tertiary/aromatic N) is 2. The van der Waals surface area contributed by atoms with Gasteiger partial charge in [-0.15, -0.1) is 0 Å². The van der Waals surface area contributed by atoms with E-state index in [2.05, 4.69) is 10.1 Å². The zero-order valence-electron chi connectivity index (χ0n) is 11.3. The fraction of sp³-hybridized carbons (Fsp3) is 0.462. The van der Waals surface area contributed by atoms with E-state index in [-0.39, 0.29) is 12.4 Å². The summed E-state index contributed by atoms with van der Waals surface area (Å²) in [6.07, 6.45) is 0. The van der Waals surface area contributed by atoms with Gasteiger partial charge in [-0.05, 0) is 24.2 Å². The van der Waals surface area contributed by atoms with Crippen molar-refractivity contribution in [1.82, 2.24) is 4.90 Å². The van der Waals surface area contributed by atoms with Crippen molar-refractivity contribution in [1.29, 1.82) is 0 Å². The number of hydrogen-bond donors (Lipinski definition) is 3. The quantitative estimate of drug-likeness (QED) is 0.291. The SMILES string of the molecule is CCN(CCO)Cc1ccc(OC)c(C(N)=NO)c1. The molecule has 0 aromatic heterocycles. The second kappa shape index (κ2) is 7.60. The molecule has 0 heterocycles. The van der Waals surface area contributed by atoms with Crippen LogP contribution >= 0.6 is 0 Å². The van der Waals surface area contributed by atoms with Gasteiger partial charge in [0, 0.05) is 13.1 Å². The number of ether oxygens (including phenoxy) is 1. The fourth-order valence-electron chi connectivity index (χ4n) is 1.86. The molecule has 0 radical (unpaired) electrons. The number of aliphatic hydroxyl groups excluding tert-OH is 1. The number of nitrogens with two attached hydrogens (primary N) is 1. The number of likely N-dealkylation sites (N-methyl/N-ethyl adjacent to an activating group) is 1. The zero-order chi connectivity index (χ0) is 14.3. The molecule has 4 N–H and O–H groups in total. The molecule has 19 heavy (non-hydrogen) atoms. The van der Waals surface area contributed by atoms with Crippen molar-refractivity contribution in [2.24, 2.45) is 10.9 Å². The summed E-state index contributed by atoms with van der Waals surface area (Å²) in [5.74, 6) is 0.577. The van der Waals surface area contributed by atoms with E-state index in [0.717, 1.165) is 12.1 Å². The van der Waals surface area contributed by atoms with Crippen molar-refractivity contribution in [3.05, 3.63) is 29.3 Å². The van der Waals surface area contributed by atoms with E-state index in [1.54, 1.807) is 6.07 Å². The number of oxime groups is 1. The summed E-state index contributed by atoms with van der Waals surface area (Å²) in [6, 6.07) is 5.54. The molecule has 0 saturated heterocycles. The minimum Gasteiger partial charge on any atom is -0.496 e. The lowest BCUT2D eigenvalue weighted by molar-refractivity contribution is 0.197. The van der Waals surface area contributed by atoms with Crippen LogP contribution in [0.15, 0.2) is 23.4 Å². The summed E-state index contributed by atoms with van der Waals surface area (Å²) < 4.78 is 5.18. The molecule has 0 fully saturated rings. The molecule has 0 unspecified atom stereocenters. The summed E-state index contributed by atoms with van der Waals surface area (Å²) in [5.41, 5.74) is 7.20. The van der Waals surface area contributed by atoms with Crippen molar-refractivity contribution in [2.45, 2.75) is 13.5 Å². The lowest BCUT2D eigenvalue weighted by atomic mass is 10.1. The molecule has 1 aromatic carbocycles. The largest absolute Gasteiger partial charge is 0.496 e. The van der Waals surface area contributed by atoms with E-state index in [1.165, 1.54) is 7.11 Å². The van der Waals surface area contributed by atoms with Crippen molar-refractivity contribution in [3.63, 3.8) is 0 Å². The third-order valence-electron chi connectivity index (χ3n) is 2.92. The van der Waals surface area contributed by atoms with Gasteiger partial charge in [-0.3, -0.25) is 4.90 Å². The van der Waals surface area contributed by atoms with Gasteiger partial charge in [-0.1, -0.05) is 18.1 Å². The Bertz CT molecular complexity index is 435. The van der Waals surface area contributed by atoms with Crippen LogP contribution in [0, 0.1) is 0 Å². The van der Waals surface area contributed by atoms with Gasteiger partial charge in [0.15, 0.2) is 5.84 Å². The Morgan fingerprint density at radius 1 is 1.47 bits per heavy atom. The Morgan fingerprint density at radius 2 is 2.21 bits per heavy atom. The predicted molar refractivity (Wildman–Crippen MR) is 73.5 cm³/mol. The van der Waals surface area contributed by atoms with Gasteiger partial charge in [0.2, 0.25) is 0 Å². The molecule has 0 spiro atoms. The van der Waals surface area contributed by atoms with Crippen molar-refractivity contribution >= 4 is 5.84 Å². The van der Waals surface area contributed by atoms with Crippen LogP contribution in [-0.4, -0.2) is 47.9 Å². The van der Waals surface area contributed by atoms with Crippen LogP contribution in [0.3, 0.4) is 0 Å². The maximum Gasteiger partial charge on any atom is 0.173 e. The Morgan fingerprint density at radius 3 is 2.74 bits per heavy atom. The van der Waals surface area contributed by atoms with Gasteiger partial charge in [0.05, 0.1) is 19.3 Å². The average molecular weight is 267 g/mol. The number of amidine groups is 1. The molecule has 0 aliphatic heterocycles. The van der Waals surface area contributed by atoms with E-state index in [9.17, 15) is 0 Å². The smallest absolute Gasteiger partial charge is 0.173 e. The molecule has 0 atom stereocenters. The molecule has 1 rings (SSSR count). The number of methoxy groups -OCH3 is 1. The van der Waals surface area contributed by atoms with Crippen LogP contribution in [-0.2, 0) is 6.54 Å². The van der Waals surface area contributed by atoms with Gasteiger partial charge < -0.3 is 20.8 Å². The van der Waals surface area contributed by atoms with E-state index < -0.39 is 0 Å². The zero-order valence-corrected chi connectivity index (χ0v) is 11.3. The maximum atomic E-state index is 8.98. The Balaban J connectivity index is 2.97. The van der Waals surface area contributed by atoms with Crippen molar-refractivity contribution in [3.8, 4) is 5.75 Å². The molecule has 0 aliphatic rings. The van der Waals surface area contributed by atoms with Gasteiger partial charge in [-0.2, -0.15) is 0 Å². The monoisotopic (exact) mass is 267 g/mol. The first-order valence-corrected chi connectivity index (χ1v) is 6.14. The van der Waals surface area contributed by atoms with Gasteiger partial charge >= 0.3 is 0 Å². The third-order valence-corrected chi connectivity index (χ3v) is 2.92. The molecule has 0 aliphatic carbocycles. The fourth-order valence-corrected chi connectivity index (χ4v) is 1.86. The first kappa shape index (κ1) is 15.3. The van der Waals surface area contributed by atoms with Crippen molar-refractivity contribution in [2.75, 3.05) is 26.8 Å².